The zero-order valence-corrected chi connectivity index (χ0v) is 14.8. The highest BCUT2D eigenvalue weighted by Crippen LogP contribution is 2.44. The third-order valence-corrected chi connectivity index (χ3v) is 6.61. The third kappa shape index (κ3) is 4.68. The van der Waals surface area contributed by atoms with Crippen molar-refractivity contribution in [2.24, 2.45) is 17.8 Å². The highest BCUT2D eigenvalue weighted by Gasteiger charge is 2.31. The molecule has 24 heavy (non-hydrogen) atoms. The molecule has 2 aliphatic carbocycles. The van der Waals surface area contributed by atoms with Gasteiger partial charge in [-0.3, -0.25) is 0 Å². The molecule has 2 fully saturated rings. The summed E-state index contributed by atoms with van der Waals surface area (Å²) in [5.74, 6) is 3.23. The average Bonchev–Trinajstić information content (AvgIpc) is 2.63. The van der Waals surface area contributed by atoms with E-state index in [1.165, 1.54) is 63.4 Å². The van der Waals surface area contributed by atoms with Crippen molar-refractivity contribution in [2.75, 3.05) is 0 Å². The van der Waals surface area contributed by atoms with Crippen LogP contribution in [-0.4, -0.2) is 6.29 Å². The Morgan fingerprint density at radius 1 is 0.875 bits per heavy atom. The van der Waals surface area contributed by atoms with Gasteiger partial charge in [0.15, 0.2) is 0 Å². The summed E-state index contributed by atoms with van der Waals surface area (Å²) in [7, 11) is 0. The Morgan fingerprint density at radius 2 is 1.46 bits per heavy atom. The van der Waals surface area contributed by atoms with Crippen LogP contribution < -0.4 is 0 Å². The van der Waals surface area contributed by atoms with E-state index in [-0.39, 0.29) is 5.82 Å². The van der Waals surface area contributed by atoms with Gasteiger partial charge in [0, 0.05) is 6.42 Å². The summed E-state index contributed by atoms with van der Waals surface area (Å²) in [4.78, 5) is 10.4. The van der Waals surface area contributed by atoms with Crippen molar-refractivity contribution in [1.29, 1.82) is 0 Å². The zero-order valence-electron chi connectivity index (χ0n) is 14.8. The molecule has 3 rings (SSSR count). The van der Waals surface area contributed by atoms with Gasteiger partial charge in [-0.2, -0.15) is 0 Å². The van der Waals surface area contributed by atoms with Crippen molar-refractivity contribution in [3.8, 4) is 0 Å². The molecule has 0 spiro atoms. The van der Waals surface area contributed by atoms with E-state index in [1.54, 1.807) is 12.1 Å². The molecule has 0 aromatic heterocycles. The van der Waals surface area contributed by atoms with E-state index >= 15 is 0 Å². The molecule has 0 radical (unpaired) electrons. The first-order valence-corrected chi connectivity index (χ1v) is 9.95. The molecule has 0 N–H and O–H groups in total. The van der Waals surface area contributed by atoms with Crippen LogP contribution in [-0.2, 0) is 4.79 Å². The number of carbonyl (C=O) groups excluding carboxylic acids is 1. The van der Waals surface area contributed by atoms with Gasteiger partial charge < -0.3 is 4.79 Å². The molecule has 0 saturated heterocycles. The molecule has 1 aromatic rings. The van der Waals surface area contributed by atoms with Crippen molar-refractivity contribution >= 4 is 6.29 Å². The summed E-state index contributed by atoms with van der Waals surface area (Å²) in [6.45, 7) is 0. The first-order chi connectivity index (χ1) is 11.8. The Bertz CT molecular complexity index is 493. The minimum atomic E-state index is -0.127. The number of halogens is 1. The topological polar surface area (TPSA) is 17.1 Å². The van der Waals surface area contributed by atoms with Gasteiger partial charge in [-0.15, -0.1) is 0 Å². The predicted molar refractivity (Wildman–Crippen MR) is 96.5 cm³/mol. The number of hydrogen-bond acceptors (Lipinski definition) is 1. The molecule has 0 aliphatic heterocycles. The lowest BCUT2D eigenvalue weighted by Crippen LogP contribution is -2.25. The first-order valence-electron chi connectivity index (χ1n) is 9.95. The molecular weight excluding hydrogens is 299 g/mol. The number of aldehydes is 1. The molecular formula is C22H31FO. The van der Waals surface area contributed by atoms with Crippen LogP contribution in [0.3, 0.4) is 0 Å². The van der Waals surface area contributed by atoms with Crippen LogP contribution in [0.15, 0.2) is 24.3 Å². The van der Waals surface area contributed by atoms with Gasteiger partial charge in [-0.05, 0) is 86.3 Å². The largest absolute Gasteiger partial charge is 0.303 e. The molecule has 1 aromatic carbocycles. The van der Waals surface area contributed by atoms with Gasteiger partial charge in [0.25, 0.3) is 0 Å². The highest BCUT2D eigenvalue weighted by atomic mass is 19.1. The summed E-state index contributed by atoms with van der Waals surface area (Å²) in [6, 6.07) is 7.16. The lowest BCUT2D eigenvalue weighted by Gasteiger charge is -2.38. The minimum Gasteiger partial charge on any atom is -0.303 e. The van der Waals surface area contributed by atoms with E-state index in [0.717, 1.165) is 36.9 Å². The van der Waals surface area contributed by atoms with E-state index in [9.17, 15) is 9.18 Å². The summed E-state index contributed by atoms with van der Waals surface area (Å²) >= 11 is 0. The van der Waals surface area contributed by atoms with Crippen molar-refractivity contribution < 1.29 is 9.18 Å². The fourth-order valence-electron chi connectivity index (χ4n) is 5.10. The quantitative estimate of drug-likeness (QED) is 0.443. The van der Waals surface area contributed by atoms with E-state index in [0.29, 0.717) is 5.92 Å². The highest BCUT2D eigenvalue weighted by molar-refractivity contribution is 5.48. The molecule has 0 bridgehead atoms. The van der Waals surface area contributed by atoms with Crippen molar-refractivity contribution in [3.05, 3.63) is 35.6 Å². The molecule has 2 heteroatoms. The first kappa shape index (κ1) is 17.6. The number of rotatable bonds is 6. The van der Waals surface area contributed by atoms with Gasteiger partial charge in [0.05, 0.1) is 0 Å². The summed E-state index contributed by atoms with van der Waals surface area (Å²) in [5, 5.41) is 0. The summed E-state index contributed by atoms with van der Waals surface area (Å²) < 4.78 is 13.1. The van der Waals surface area contributed by atoms with Crippen molar-refractivity contribution in [1.82, 2.24) is 0 Å². The second kappa shape index (κ2) is 8.78. The predicted octanol–water partition coefficient (Wildman–Crippen LogP) is 6.28. The molecule has 0 heterocycles. The van der Waals surface area contributed by atoms with E-state index < -0.39 is 0 Å². The number of benzene rings is 1. The van der Waals surface area contributed by atoms with Crippen molar-refractivity contribution in [2.45, 2.75) is 76.5 Å². The van der Waals surface area contributed by atoms with E-state index in [4.69, 9.17) is 0 Å². The fourth-order valence-corrected chi connectivity index (χ4v) is 5.10. The van der Waals surface area contributed by atoms with Crippen LogP contribution in [0, 0.1) is 23.6 Å². The maximum Gasteiger partial charge on any atom is 0.123 e. The van der Waals surface area contributed by atoms with Gasteiger partial charge >= 0.3 is 0 Å². The maximum atomic E-state index is 13.1. The lowest BCUT2D eigenvalue weighted by atomic mass is 9.68. The van der Waals surface area contributed by atoms with E-state index in [1.807, 2.05) is 12.1 Å². The average molecular weight is 330 g/mol. The number of unbranched alkanes of at least 4 members (excludes halogenated alkanes) is 1. The SMILES string of the molecule is O=CCCCC1CCC([C@H]2CC[C@H](c3ccc(F)cc3)CC2)CC1. The number of hydrogen-bond donors (Lipinski definition) is 0. The molecule has 0 atom stereocenters. The summed E-state index contributed by atoms with van der Waals surface area (Å²) in [5.41, 5.74) is 1.33. The van der Waals surface area contributed by atoms with Gasteiger partial charge in [0.2, 0.25) is 0 Å². The second-order valence-corrected chi connectivity index (χ2v) is 8.04. The van der Waals surface area contributed by atoms with Gasteiger partial charge in [-0.1, -0.05) is 31.4 Å². The maximum absolute atomic E-state index is 13.1. The Hall–Kier alpha value is -1.18. The molecule has 0 amide bonds. The molecule has 1 nitrogen and oxygen atoms in total. The molecule has 2 aliphatic rings. The monoisotopic (exact) mass is 330 g/mol. The molecule has 132 valence electrons. The molecule has 2 saturated carbocycles. The third-order valence-electron chi connectivity index (χ3n) is 6.61. The Kier molecular flexibility index (Phi) is 6.45. The standard InChI is InChI=1S/C22H31FO/c23-22-14-12-21(13-15-22)20-10-8-19(9-11-20)18-6-4-17(5-7-18)3-1-2-16-24/h12-20H,1-11H2/t17?,18?,19-,20-. The van der Waals surface area contributed by atoms with Gasteiger partial charge in [0.1, 0.15) is 12.1 Å². The van der Waals surface area contributed by atoms with Crippen LogP contribution in [0.2, 0.25) is 0 Å². The Morgan fingerprint density at radius 3 is 2.04 bits per heavy atom. The Labute approximate surface area is 146 Å². The summed E-state index contributed by atoms with van der Waals surface area (Å²) in [6.07, 6.45) is 14.9. The van der Waals surface area contributed by atoms with Gasteiger partial charge in [-0.25, -0.2) is 4.39 Å². The second-order valence-electron chi connectivity index (χ2n) is 8.04. The minimum absolute atomic E-state index is 0.127. The number of carbonyl (C=O) groups is 1. The Balaban J connectivity index is 1.41. The normalized spacial score (nSPS) is 30.9. The zero-order chi connectivity index (χ0) is 16.8. The smallest absolute Gasteiger partial charge is 0.123 e. The lowest BCUT2D eigenvalue weighted by molar-refractivity contribution is -0.108. The van der Waals surface area contributed by atoms with Crippen molar-refractivity contribution in [3.63, 3.8) is 0 Å². The van der Waals surface area contributed by atoms with Crippen LogP contribution in [0.1, 0.15) is 82.1 Å². The van der Waals surface area contributed by atoms with Crippen LogP contribution in [0.25, 0.3) is 0 Å². The molecule has 0 unspecified atom stereocenters. The fraction of sp³-hybridized carbons (Fsp3) is 0.682. The van der Waals surface area contributed by atoms with Crippen LogP contribution >= 0.6 is 0 Å². The van der Waals surface area contributed by atoms with E-state index in [2.05, 4.69) is 0 Å². The van der Waals surface area contributed by atoms with Crippen LogP contribution in [0.5, 0.6) is 0 Å². The van der Waals surface area contributed by atoms with Crippen LogP contribution in [0.4, 0.5) is 4.39 Å².